The van der Waals surface area contributed by atoms with Crippen molar-refractivity contribution in [2.75, 3.05) is 20.8 Å². The molecule has 1 aromatic heterocycles. The molecule has 0 amide bonds. The van der Waals surface area contributed by atoms with Crippen LogP contribution in [0.5, 0.6) is 0 Å². The predicted octanol–water partition coefficient (Wildman–Crippen LogP) is 2.62. The van der Waals surface area contributed by atoms with Crippen LogP contribution in [0.1, 0.15) is 18.4 Å². The summed E-state index contributed by atoms with van der Waals surface area (Å²) in [6.07, 6.45) is 6.14. The topological polar surface area (TPSA) is 30.3 Å². The van der Waals surface area contributed by atoms with Gasteiger partial charge in [0.05, 0.1) is 18.5 Å². The maximum atomic E-state index is 13.3. The molecule has 1 aliphatic carbocycles. The van der Waals surface area contributed by atoms with Crippen molar-refractivity contribution in [1.29, 1.82) is 0 Å². The molecule has 1 saturated carbocycles. The molecule has 112 valence electrons. The molecule has 0 radical (unpaired) electrons. The van der Waals surface area contributed by atoms with Crippen LogP contribution in [-0.4, -0.2) is 41.0 Å². The number of methoxy groups -OCH3 is 1. The molecule has 1 heterocycles. The lowest BCUT2D eigenvalue weighted by Gasteiger charge is -2.26. The van der Waals surface area contributed by atoms with E-state index in [1.807, 2.05) is 18.5 Å². The molecule has 1 aromatic carbocycles. The van der Waals surface area contributed by atoms with Gasteiger partial charge < -0.3 is 4.74 Å². The zero-order valence-electron chi connectivity index (χ0n) is 12.4. The number of nitrogens with zero attached hydrogens (tertiary/aromatic N) is 3. The fourth-order valence-corrected chi connectivity index (χ4v) is 2.69. The zero-order chi connectivity index (χ0) is 14.9. The van der Waals surface area contributed by atoms with Crippen LogP contribution in [0.2, 0.25) is 0 Å². The lowest BCUT2D eigenvalue weighted by atomic mass is 10.2. The molecule has 2 aromatic rings. The Hall–Kier alpha value is -1.72. The van der Waals surface area contributed by atoms with Crippen molar-refractivity contribution >= 4 is 0 Å². The third-order valence-electron chi connectivity index (χ3n) is 4.18. The molecular formula is C16H20FN3O. The monoisotopic (exact) mass is 289 g/mol. The Morgan fingerprint density at radius 1 is 1.43 bits per heavy atom. The van der Waals surface area contributed by atoms with E-state index in [4.69, 9.17) is 4.74 Å². The van der Waals surface area contributed by atoms with Crippen molar-refractivity contribution in [3.05, 3.63) is 48.0 Å². The summed E-state index contributed by atoms with van der Waals surface area (Å²) >= 11 is 0. The second kappa shape index (κ2) is 5.58. The van der Waals surface area contributed by atoms with Gasteiger partial charge in [0.15, 0.2) is 0 Å². The summed E-state index contributed by atoms with van der Waals surface area (Å²) in [5, 5.41) is 4.32. The zero-order valence-corrected chi connectivity index (χ0v) is 12.4. The molecule has 0 saturated heterocycles. The molecule has 5 heteroatoms. The van der Waals surface area contributed by atoms with Crippen molar-refractivity contribution in [2.24, 2.45) is 0 Å². The van der Waals surface area contributed by atoms with E-state index in [-0.39, 0.29) is 11.4 Å². The van der Waals surface area contributed by atoms with Gasteiger partial charge in [-0.2, -0.15) is 5.10 Å². The van der Waals surface area contributed by atoms with E-state index in [1.54, 1.807) is 17.9 Å². The minimum absolute atomic E-state index is 0.190. The fraction of sp³-hybridized carbons (Fsp3) is 0.438. The van der Waals surface area contributed by atoms with E-state index < -0.39 is 0 Å². The number of likely N-dealkylation sites (N-methyl/N-ethyl adjacent to an activating group) is 1. The Kier molecular flexibility index (Phi) is 3.78. The molecule has 1 fully saturated rings. The van der Waals surface area contributed by atoms with Crippen LogP contribution in [0.25, 0.3) is 5.69 Å². The Morgan fingerprint density at radius 3 is 2.90 bits per heavy atom. The number of rotatable bonds is 6. The first kappa shape index (κ1) is 14.2. The fourth-order valence-electron chi connectivity index (χ4n) is 2.69. The van der Waals surface area contributed by atoms with Crippen LogP contribution in [-0.2, 0) is 11.3 Å². The smallest absolute Gasteiger partial charge is 0.125 e. The molecule has 0 atom stereocenters. The highest BCUT2D eigenvalue weighted by Crippen LogP contribution is 2.41. The van der Waals surface area contributed by atoms with Gasteiger partial charge in [0.1, 0.15) is 5.82 Å². The highest BCUT2D eigenvalue weighted by molar-refractivity contribution is 5.31. The van der Waals surface area contributed by atoms with Gasteiger partial charge in [-0.15, -0.1) is 0 Å². The lowest BCUT2D eigenvalue weighted by molar-refractivity contribution is 0.0872. The molecule has 0 aliphatic heterocycles. The van der Waals surface area contributed by atoms with Gasteiger partial charge in [-0.05, 0) is 38.1 Å². The van der Waals surface area contributed by atoms with Crippen LogP contribution in [0.3, 0.4) is 0 Å². The Balaban J connectivity index is 1.71. The number of aromatic nitrogens is 2. The maximum Gasteiger partial charge on any atom is 0.125 e. The summed E-state index contributed by atoms with van der Waals surface area (Å²) in [4.78, 5) is 2.32. The Morgan fingerprint density at radius 2 is 2.24 bits per heavy atom. The molecule has 21 heavy (non-hydrogen) atoms. The van der Waals surface area contributed by atoms with Gasteiger partial charge in [0.2, 0.25) is 0 Å². The number of benzene rings is 1. The molecule has 0 unspecified atom stereocenters. The van der Waals surface area contributed by atoms with Crippen LogP contribution >= 0.6 is 0 Å². The Labute approximate surface area is 124 Å². The van der Waals surface area contributed by atoms with Crippen molar-refractivity contribution in [3.63, 3.8) is 0 Å². The molecule has 0 bridgehead atoms. The lowest BCUT2D eigenvalue weighted by Crippen LogP contribution is -2.37. The number of hydrogen-bond acceptors (Lipinski definition) is 3. The van der Waals surface area contributed by atoms with Crippen molar-refractivity contribution < 1.29 is 9.13 Å². The van der Waals surface area contributed by atoms with Crippen LogP contribution in [0.4, 0.5) is 4.39 Å². The predicted molar refractivity (Wildman–Crippen MR) is 78.8 cm³/mol. The average Bonchev–Trinajstić information content (AvgIpc) is 3.10. The van der Waals surface area contributed by atoms with Crippen molar-refractivity contribution in [1.82, 2.24) is 14.7 Å². The first-order valence-electron chi connectivity index (χ1n) is 7.13. The molecule has 3 rings (SSSR count). The van der Waals surface area contributed by atoms with E-state index in [0.29, 0.717) is 0 Å². The van der Waals surface area contributed by atoms with Gasteiger partial charge in [0, 0.05) is 31.0 Å². The summed E-state index contributed by atoms with van der Waals surface area (Å²) < 4.78 is 20.3. The van der Waals surface area contributed by atoms with E-state index in [1.165, 1.54) is 25.0 Å². The first-order chi connectivity index (χ1) is 10.1. The summed E-state index contributed by atoms with van der Waals surface area (Å²) in [6.45, 7) is 1.58. The minimum Gasteiger partial charge on any atom is -0.383 e. The summed E-state index contributed by atoms with van der Waals surface area (Å²) in [5.74, 6) is -0.251. The maximum absolute atomic E-state index is 13.3. The summed E-state index contributed by atoms with van der Waals surface area (Å²) in [7, 11) is 3.86. The van der Waals surface area contributed by atoms with Gasteiger partial charge in [-0.3, -0.25) is 4.90 Å². The SMILES string of the molecule is COCC1(N(C)Cc2cnn(-c3cccc(F)c3)c2)CC1. The van der Waals surface area contributed by atoms with Crippen molar-refractivity contribution in [3.8, 4) is 5.69 Å². The van der Waals surface area contributed by atoms with Crippen LogP contribution in [0, 0.1) is 5.82 Å². The third kappa shape index (κ3) is 2.99. The molecular weight excluding hydrogens is 269 g/mol. The van der Waals surface area contributed by atoms with E-state index in [2.05, 4.69) is 17.0 Å². The molecule has 1 aliphatic rings. The highest BCUT2D eigenvalue weighted by Gasteiger charge is 2.46. The Bertz CT molecular complexity index is 621. The van der Waals surface area contributed by atoms with Crippen LogP contribution in [0.15, 0.2) is 36.7 Å². The molecule has 4 nitrogen and oxygen atoms in total. The van der Waals surface area contributed by atoms with E-state index in [9.17, 15) is 4.39 Å². The van der Waals surface area contributed by atoms with Crippen molar-refractivity contribution in [2.45, 2.75) is 24.9 Å². The first-order valence-corrected chi connectivity index (χ1v) is 7.13. The largest absolute Gasteiger partial charge is 0.383 e. The van der Waals surface area contributed by atoms with Gasteiger partial charge in [-0.1, -0.05) is 6.07 Å². The van der Waals surface area contributed by atoms with Gasteiger partial charge >= 0.3 is 0 Å². The third-order valence-corrected chi connectivity index (χ3v) is 4.18. The quantitative estimate of drug-likeness (QED) is 0.819. The van der Waals surface area contributed by atoms with Gasteiger partial charge in [-0.25, -0.2) is 9.07 Å². The standard InChI is InChI=1S/C16H20FN3O/c1-19(16(6-7-16)12-21-2)10-13-9-18-20(11-13)15-5-3-4-14(17)8-15/h3-5,8-9,11H,6-7,10,12H2,1-2H3. The van der Waals surface area contributed by atoms with E-state index in [0.717, 1.165) is 24.4 Å². The number of ether oxygens (including phenoxy) is 1. The molecule has 0 spiro atoms. The average molecular weight is 289 g/mol. The second-order valence-corrected chi connectivity index (χ2v) is 5.79. The van der Waals surface area contributed by atoms with E-state index >= 15 is 0 Å². The number of hydrogen-bond donors (Lipinski definition) is 0. The highest BCUT2D eigenvalue weighted by atomic mass is 19.1. The number of halogens is 1. The van der Waals surface area contributed by atoms with Crippen LogP contribution < -0.4 is 0 Å². The molecule has 0 N–H and O–H groups in total. The summed E-state index contributed by atoms with van der Waals surface area (Å²) in [5.41, 5.74) is 2.04. The van der Waals surface area contributed by atoms with Gasteiger partial charge in [0.25, 0.3) is 0 Å². The normalized spacial score (nSPS) is 16.4. The second-order valence-electron chi connectivity index (χ2n) is 5.79. The summed E-state index contributed by atoms with van der Waals surface area (Å²) in [6, 6.07) is 6.45. The minimum atomic E-state index is -0.251.